The van der Waals surface area contributed by atoms with Crippen molar-refractivity contribution in [3.63, 3.8) is 0 Å². The van der Waals surface area contributed by atoms with Crippen LogP contribution in [0.1, 0.15) is 99.6 Å². The maximum Gasteiger partial charge on any atom is 0.416 e. The van der Waals surface area contributed by atoms with Crippen molar-refractivity contribution < 1.29 is 51.4 Å². The molecule has 2 rings (SSSR count). The summed E-state index contributed by atoms with van der Waals surface area (Å²) in [5, 5.41) is 2.76. The summed E-state index contributed by atoms with van der Waals surface area (Å²) < 4.78 is 53.6. The van der Waals surface area contributed by atoms with Crippen LogP contribution in [0.25, 0.3) is 5.57 Å². The number of alkyl halides is 3. The number of nitrogens with one attached hydrogen (secondary N) is 1. The van der Waals surface area contributed by atoms with E-state index >= 15 is 0 Å². The van der Waals surface area contributed by atoms with E-state index < -0.39 is 47.6 Å². The van der Waals surface area contributed by atoms with Gasteiger partial charge in [-0.1, -0.05) is 110 Å². The third-order valence-electron chi connectivity index (χ3n) is 7.26. The first-order chi connectivity index (χ1) is 27.6. The Labute approximate surface area is 344 Å². The summed E-state index contributed by atoms with van der Waals surface area (Å²) in [5.41, 5.74) is -0.638. The highest BCUT2D eigenvalue weighted by atomic mass is 19.4. The Kier molecular flexibility index (Phi) is 31.0. The molecule has 0 fully saturated rings. The molecule has 0 bridgehead atoms. The second-order valence-electron chi connectivity index (χ2n) is 11.1. The molecule has 0 spiro atoms. The number of amides is 2. The minimum atomic E-state index is -4.44. The average molecular weight is 819 g/mol. The number of halogens is 3. The minimum Gasteiger partial charge on any atom is -0.465 e. The third-order valence-corrected chi connectivity index (χ3v) is 7.26. The number of carbonyl (C=O) groups excluding carboxylic acids is 5. The number of benzene rings is 1. The molecule has 1 aromatic carbocycles. The Morgan fingerprint density at radius 3 is 1.81 bits per heavy atom. The molecule has 2 amide bonds. The topological polar surface area (TPSA) is 128 Å². The van der Waals surface area contributed by atoms with Crippen LogP contribution in [0.2, 0.25) is 0 Å². The number of nitrogens with zero attached hydrogens (tertiary/aromatic N) is 1. The monoisotopic (exact) mass is 818 g/mol. The fourth-order valence-corrected chi connectivity index (χ4v) is 4.57. The first kappa shape index (κ1) is 56.9. The predicted octanol–water partition coefficient (Wildman–Crippen LogP) is 9.90. The van der Waals surface area contributed by atoms with Crippen LogP contribution in [0.4, 0.5) is 13.2 Å². The molecule has 10 nitrogen and oxygen atoms in total. The van der Waals surface area contributed by atoms with E-state index in [-0.39, 0.29) is 37.5 Å². The molecule has 0 heterocycles. The summed E-state index contributed by atoms with van der Waals surface area (Å²) in [6, 6.07) is 4.64. The standard InChI is InChI=1S/C25H25F3N2O2.C14H22O6.3C2H6/c1-5-10-21(24(32)30(3)4)22(6-2)29-23(31)20-12-9-7-8-11-19(20)17-13-15-18(16-14-17)25(26,27)28;1-5-9-14(12(16)18-7-3,13(17)19-8-4)10-20-11(15)6-2;3*1-2/h5-8,10-16H,1,9H2,2-4H3,(H,29,31);5H,1,6-10H2,2-4H3;3*1-2H3/b21-10+,22-6+;;;;. The van der Waals surface area contributed by atoms with E-state index in [1.54, 1.807) is 66.1 Å². The van der Waals surface area contributed by atoms with E-state index in [4.69, 9.17) is 14.2 Å². The SMILES string of the molecule is C=C/C=C(C(=O)N(C)C)\C(=C/C)NC(=O)C1=CCC=CC=C1c1ccc(C(F)(F)F)cc1.C=CCC(COC(=O)CC)(C(=O)OCC)C(=O)OCC.CC.CC.CC. The molecule has 324 valence electrons. The van der Waals surface area contributed by atoms with Crippen LogP contribution in [0, 0.1) is 5.41 Å². The van der Waals surface area contributed by atoms with E-state index in [1.807, 2.05) is 47.6 Å². The van der Waals surface area contributed by atoms with Gasteiger partial charge in [-0.05, 0) is 63.0 Å². The molecule has 0 radical (unpaired) electrons. The summed E-state index contributed by atoms with van der Waals surface area (Å²) in [5.74, 6) is -2.85. The highest BCUT2D eigenvalue weighted by Gasteiger charge is 2.49. The zero-order valence-corrected chi connectivity index (χ0v) is 36.4. The number of esters is 3. The van der Waals surface area contributed by atoms with Crippen molar-refractivity contribution in [1.82, 2.24) is 10.2 Å². The Hall–Kier alpha value is -5.46. The van der Waals surface area contributed by atoms with Gasteiger partial charge in [-0.3, -0.25) is 24.0 Å². The van der Waals surface area contributed by atoms with Gasteiger partial charge in [0, 0.05) is 31.8 Å². The van der Waals surface area contributed by atoms with Crippen LogP contribution >= 0.6 is 0 Å². The van der Waals surface area contributed by atoms with E-state index in [0.717, 1.165) is 12.1 Å². The number of rotatable bonds is 15. The average Bonchev–Trinajstić information content (AvgIpc) is 3.49. The fourth-order valence-electron chi connectivity index (χ4n) is 4.57. The molecule has 0 unspecified atom stereocenters. The molecule has 0 saturated carbocycles. The van der Waals surface area contributed by atoms with Gasteiger partial charge in [0.05, 0.1) is 24.4 Å². The summed E-state index contributed by atoms with van der Waals surface area (Å²) in [6.07, 6.45) is 9.07. The maximum atomic E-state index is 13.2. The molecule has 1 aliphatic rings. The molecule has 0 aromatic heterocycles. The summed E-state index contributed by atoms with van der Waals surface area (Å²) >= 11 is 0. The van der Waals surface area contributed by atoms with Crippen molar-refractivity contribution in [1.29, 1.82) is 0 Å². The normalized spacial score (nSPS) is 12.1. The van der Waals surface area contributed by atoms with Crippen molar-refractivity contribution in [2.45, 2.75) is 94.7 Å². The Bertz CT molecular complexity index is 1600. The molecule has 1 aromatic rings. The second-order valence-corrected chi connectivity index (χ2v) is 11.1. The number of allylic oxidation sites excluding steroid dienone is 8. The predicted molar refractivity (Wildman–Crippen MR) is 226 cm³/mol. The molecule has 0 saturated heterocycles. The van der Waals surface area contributed by atoms with Gasteiger partial charge in [-0.25, -0.2) is 0 Å². The van der Waals surface area contributed by atoms with Gasteiger partial charge in [-0.15, -0.1) is 6.58 Å². The first-order valence-corrected chi connectivity index (χ1v) is 19.5. The summed E-state index contributed by atoms with van der Waals surface area (Å²) in [4.78, 5) is 62.6. The molecular weight excluding hydrogens is 753 g/mol. The fraction of sp³-hybridized carbons (Fsp3) is 0.444. The summed E-state index contributed by atoms with van der Waals surface area (Å²) in [7, 11) is 3.19. The molecule has 58 heavy (non-hydrogen) atoms. The lowest BCUT2D eigenvalue weighted by atomic mass is 9.85. The van der Waals surface area contributed by atoms with Crippen LogP contribution in [-0.2, 0) is 44.4 Å². The Morgan fingerprint density at radius 1 is 0.862 bits per heavy atom. The van der Waals surface area contributed by atoms with Crippen molar-refractivity contribution in [2.24, 2.45) is 5.41 Å². The van der Waals surface area contributed by atoms with Crippen LogP contribution in [0.15, 0.2) is 103 Å². The van der Waals surface area contributed by atoms with E-state index in [0.29, 0.717) is 28.8 Å². The number of likely N-dealkylation sites (N-methyl/N-ethyl adjacent to an activating group) is 1. The number of hydrogen-bond donors (Lipinski definition) is 1. The van der Waals surface area contributed by atoms with Crippen molar-refractivity contribution >= 4 is 35.3 Å². The first-order valence-electron chi connectivity index (χ1n) is 19.5. The maximum absolute atomic E-state index is 13.2. The van der Waals surface area contributed by atoms with Gasteiger partial charge in [0.2, 0.25) is 5.41 Å². The van der Waals surface area contributed by atoms with Gasteiger partial charge in [-0.2, -0.15) is 13.2 Å². The van der Waals surface area contributed by atoms with E-state index in [2.05, 4.69) is 18.5 Å². The number of ether oxygens (including phenoxy) is 3. The lowest BCUT2D eigenvalue weighted by Gasteiger charge is -2.27. The van der Waals surface area contributed by atoms with Crippen LogP contribution in [0.3, 0.4) is 0 Å². The number of carbonyl (C=O) groups is 5. The van der Waals surface area contributed by atoms with Crippen LogP contribution in [0.5, 0.6) is 0 Å². The van der Waals surface area contributed by atoms with Crippen molar-refractivity contribution in [3.05, 3.63) is 114 Å². The van der Waals surface area contributed by atoms with E-state index in [9.17, 15) is 37.1 Å². The molecule has 0 aliphatic heterocycles. The van der Waals surface area contributed by atoms with Gasteiger partial charge in [0.25, 0.3) is 11.8 Å². The van der Waals surface area contributed by atoms with Crippen molar-refractivity contribution in [3.8, 4) is 0 Å². The number of hydrogen-bond acceptors (Lipinski definition) is 8. The van der Waals surface area contributed by atoms with Gasteiger partial charge in [0.1, 0.15) is 6.61 Å². The lowest BCUT2D eigenvalue weighted by Crippen LogP contribution is -2.46. The van der Waals surface area contributed by atoms with Gasteiger partial charge in [0.15, 0.2) is 0 Å². The highest BCUT2D eigenvalue weighted by molar-refractivity contribution is 6.11. The zero-order valence-electron chi connectivity index (χ0n) is 36.4. The Morgan fingerprint density at radius 2 is 1.40 bits per heavy atom. The highest BCUT2D eigenvalue weighted by Crippen LogP contribution is 2.32. The quantitative estimate of drug-likeness (QED) is 0.0463. The molecule has 1 N–H and O–H groups in total. The van der Waals surface area contributed by atoms with E-state index in [1.165, 1.54) is 35.3 Å². The van der Waals surface area contributed by atoms with Crippen LogP contribution < -0.4 is 5.32 Å². The summed E-state index contributed by atoms with van der Waals surface area (Å²) in [6.45, 7) is 25.5. The van der Waals surface area contributed by atoms with Gasteiger partial charge >= 0.3 is 24.1 Å². The van der Waals surface area contributed by atoms with Gasteiger partial charge < -0.3 is 24.4 Å². The zero-order chi connectivity index (χ0) is 45.5. The molecular formula is C45H65F3N2O8. The molecule has 13 heteroatoms. The smallest absolute Gasteiger partial charge is 0.416 e. The van der Waals surface area contributed by atoms with Crippen molar-refractivity contribution in [2.75, 3.05) is 33.9 Å². The molecule has 0 atom stereocenters. The van der Waals surface area contributed by atoms with Crippen LogP contribution in [-0.4, -0.2) is 68.5 Å². The second kappa shape index (κ2) is 31.6. The largest absolute Gasteiger partial charge is 0.465 e. The third kappa shape index (κ3) is 18.7. The lowest BCUT2D eigenvalue weighted by molar-refractivity contribution is -0.178. The Balaban J connectivity index is -0.00000100. The molecule has 1 aliphatic carbocycles. The minimum absolute atomic E-state index is 0.0261.